The van der Waals surface area contributed by atoms with E-state index in [-0.39, 0.29) is 0 Å². The lowest BCUT2D eigenvalue weighted by Crippen LogP contribution is -2.41. The van der Waals surface area contributed by atoms with E-state index >= 15 is 0 Å². The average Bonchev–Trinajstić information content (AvgIpc) is 2.41. The molecule has 2 unspecified atom stereocenters. The van der Waals surface area contributed by atoms with Gasteiger partial charge in [0.2, 0.25) is 0 Å². The molecule has 0 saturated carbocycles. The first-order valence-corrected chi connectivity index (χ1v) is 3.49. The molecule has 2 atom stereocenters. The highest BCUT2D eigenvalue weighted by Gasteiger charge is 2.31. The lowest BCUT2D eigenvalue weighted by Gasteiger charge is -2.20. The zero-order valence-electron chi connectivity index (χ0n) is 6.20. The van der Waals surface area contributed by atoms with Crippen molar-refractivity contribution < 1.29 is 0 Å². The molecule has 54 valence electrons. The van der Waals surface area contributed by atoms with Crippen molar-refractivity contribution in [3.05, 3.63) is 12.3 Å². The van der Waals surface area contributed by atoms with Gasteiger partial charge in [-0.1, -0.05) is 0 Å². The number of amidine groups is 1. The number of rotatable bonds is 0. The Bertz CT molecular complexity index is 207. The largest absolute Gasteiger partial charge is 0.369 e. The Hall–Kier alpha value is -0.990. The van der Waals surface area contributed by atoms with Gasteiger partial charge in [-0.15, -0.1) is 0 Å². The summed E-state index contributed by atoms with van der Waals surface area (Å²) >= 11 is 0. The third kappa shape index (κ3) is 0.574. The first-order chi connectivity index (χ1) is 4.79. The molecule has 0 aromatic heterocycles. The molecular formula is C7H11N3. The van der Waals surface area contributed by atoms with Crippen molar-refractivity contribution in [2.45, 2.75) is 19.1 Å². The first-order valence-electron chi connectivity index (χ1n) is 3.49. The molecule has 0 aromatic rings. The molecule has 0 saturated heterocycles. The van der Waals surface area contributed by atoms with Gasteiger partial charge in [0, 0.05) is 7.05 Å². The fraction of sp³-hybridized carbons (Fsp3) is 0.571. The van der Waals surface area contributed by atoms with E-state index in [4.69, 9.17) is 0 Å². The Labute approximate surface area is 60.4 Å². The Balaban J connectivity index is 2.26. The molecule has 10 heavy (non-hydrogen) atoms. The summed E-state index contributed by atoms with van der Waals surface area (Å²) < 4.78 is 0. The molecule has 0 spiro atoms. The van der Waals surface area contributed by atoms with Crippen molar-refractivity contribution in [1.82, 2.24) is 10.2 Å². The topological polar surface area (TPSA) is 27.6 Å². The number of nitrogens with zero attached hydrogens (tertiary/aromatic N) is 2. The number of hydrogen-bond donors (Lipinski definition) is 1. The quantitative estimate of drug-likeness (QED) is 0.515. The van der Waals surface area contributed by atoms with E-state index in [1.807, 2.05) is 13.1 Å². The van der Waals surface area contributed by atoms with Crippen LogP contribution in [0.5, 0.6) is 0 Å². The molecule has 2 rings (SSSR count). The maximum atomic E-state index is 4.42. The Kier molecular flexibility index (Phi) is 1.01. The summed E-state index contributed by atoms with van der Waals surface area (Å²) in [6, 6.07) is 0.352. The van der Waals surface area contributed by atoms with Crippen LogP contribution in [0, 0.1) is 0 Å². The maximum Gasteiger partial charge on any atom is 0.126 e. The molecule has 2 aliphatic rings. The summed E-state index contributed by atoms with van der Waals surface area (Å²) in [6.07, 6.45) is 4.46. The molecule has 0 aromatic carbocycles. The van der Waals surface area contributed by atoms with Gasteiger partial charge >= 0.3 is 0 Å². The number of hydrogen-bond acceptors (Lipinski definition) is 3. The highest BCUT2D eigenvalue weighted by Crippen LogP contribution is 2.18. The first kappa shape index (κ1) is 5.77. The molecule has 0 fully saturated rings. The minimum absolute atomic E-state index is 0.352. The Morgan fingerprint density at radius 2 is 2.50 bits per heavy atom. The molecule has 0 aliphatic carbocycles. The molecule has 3 nitrogen and oxygen atoms in total. The van der Waals surface area contributed by atoms with Crippen LogP contribution < -0.4 is 5.32 Å². The van der Waals surface area contributed by atoms with Gasteiger partial charge in [-0.05, 0) is 19.2 Å². The fourth-order valence-corrected chi connectivity index (χ4v) is 1.42. The molecule has 0 bridgehead atoms. The van der Waals surface area contributed by atoms with Crippen LogP contribution in [0.4, 0.5) is 0 Å². The van der Waals surface area contributed by atoms with E-state index < -0.39 is 0 Å². The van der Waals surface area contributed by atoms with Crippen LogP contribution >= 0.6 is 0 Å². The lowest BCUT2D eigenvalue weighted by molar-refractivity contribution is 0.357. The van der Waals surface area contributed by atoms with Crippen molar-refractivity contribution in [3.63, 3.8) is 0 Å². The van der Waals surface area contributed by atoms with Gasteiger partial charge in [-0.25, -0.2) is 0 Å². The molecular weight excluding hydrogens is 126 g/mol. The van der Waals surface area contributed by atoms with Crippen LogP contribution in [0.1, 0.15) is 6.92 Å². The number of nitrogens with one attached hydrogen (secondary N) is 1. The predicted molar refractivity (Wildman–Crippen MR) is 40.7 cm³/mol. The standard InChI is InChI=1S/C7H11N3/c1-5-9-6-3-4-8-7(6)10(5)2/h3-4,6-8H,1-2H3. The molecule has 1 N–H and O–H groups in total. The molecule has 0 radical (unpaired) electrons. The second-order valence-electron chi connectivity index (χ2n) is 2.75. The van der Waals surface area contributed by atoms with Crippen LogP contribution in [0.25, 0.3) is 0 Å². The van der Waals surface area contributed by atoms with Gasteiger partial charge in [-0.3, -0.25) is 4.99 Å². The van der Waals surface area contributed by atoms with Crippen LogP contribution in [-0.2, 0) is 0 Å². The summed E-state index contributed by atoms with van der Waals surface area (Å²) in [4.78, 5) is 6.58. The normalized spacial score (nSPS) is 35.8. The van der Waals surface area contributed by atoms with E-state index in [1.54, 1.807) is 0 Å². The van der Waals surface area contributed by atoms with Gasteiger partial charge < -0.3 is 10.2 Å². The predicted octanol–water partition coefficient (Wildman–Crippen LogP) is 0.162. The average molecular weight is 137 g/mol. The van der Waals surface area contributed by atoms with Crippen molar-refractivity contribution in [2.75, 3.05) is 7.05 Å². The van der Waals surface area contributed by atoms with Crippen LogP contribution in [0.15, 0.2) is 17.3 Å². The zero-order valence-corrected chi connectivity index (χ0v) is 6.20. The molecule has 2 aliphatic heterocycles. The van der Waals surface area contributed by atoms with E-state index in [9.17, 15) is 0 Å². The maximum absolute atomic E-state index is 4.42. The highest BCUT2D eigenvalue weighted by atomic mass is 15.4. The summed E-state index contributed by atoms with van der Waals surface area (Å²) in [6.45, 7) is 2.04. The van der Waals surface area contributed by atoms with Crippen LogP contribution in [0.3, 0.4) is 0 Å². The van der Waals surface area contributed by atoms with Crippen LogP contribution in [-0.4, -0.2) is 30.0 Å². The zero-order chi connectivity index (χ0) is 7.14. The summed E-state index contributed by atoms with van der Waals surface area (Å²) in [7, 11) is 2.06. The van der Waals surface area contributed by atoms with Crippen molar-refractivity contribution in [3.8, 4) is 0 Å². The van der Waals surface area contributed by atoms with E-state index in [0.717, 1.165) is 5.84 Å². The lowest BCUT2D eigenvalue weighted by atomic mass is 10.3. The highest BCUT2D eigenvalue weighted by molar-refractivity contribution is 5.82. The summed E-state index contributed by atoms with van der Waals surface area (Å²) in [5, 5.41) is 3.23. The monoisotopic (exact) mass is 137 g/mol. The Morgan fingerprint density at radius 3 is 3.20 bits per heavy atom. The van der Waals surface area contributed by atoms with E-state index in [0.29, 0.717) is 12.2 Å². The van der Waals surface area contributed by atoms with Crippen LogP contribution in [0.2, 0.25) is 0 Å². The van der Waals surface area contributed by atoms with Gasteiger partial charge in [0.1, 0.15) is 12.2 Å². The van der Waals surface area contributed by atoms with E-state index in [2.05, 4.69) is 28.3 Å². The molecule has 2 heterocycles. The minimum Gasteiger partial charge on any atom is -0.369 e. The second-order valence-corrected chi connectivity index (χ2v) is 2.75. The van der Waals surface area contributed by atoms with Gasteiger partial charge in [-0.2, -0.15) is 0 Å². The Morgan fingerprint density at radius 1 is 1.70 bits per heavy atom. The van der Waals surface area contributed by atoms with Gasteiger partial charge in [0.05, 0.1) is 5.84 Å². The number of aliphatic imine (C=N–C) groups is 1. The molecule has 3 heteroatoms. The summed E-state index contributed by atoms with van der Waals surface area (Å²) in [5.74, 6) is 1.12. The third-order valence-corrected chi connectivity index (χ3v) is 2.15. The molecule has 0 amide bonds. The SMILES string of the molecule is CC1=NC2C=CNC2N1C. The van der Waals surface area contributed by atoms with Crippen molar-refractivity contribution in [2.24, 2.45) is 4.99 Å². The van der Waals surface area contributed by atoms with E-state index in [1.165, 1.54) is 0 Å². The van der Waals surface area contributed by atoms with Gasteiger partial charge in [0.25, 0.3) is 0 Å². The van der Waals surface area contributed by atoms with Crippen molar-refractivity contribution >= 4 is 5.84 Å². The third-order valence-electron chi connectivity index (χ3n) is 2.15. The minimum atomic E-state index is 0.352. The number of likely N-dealkylation sites (N-methyl/N-ethyl adjacent to an activating group) is 1. The smallest absolute Gasteiger partial charge is 0.126 e. The van der Waals surface area contributed by atoms with Crippen molar-refractivity contribution in [1.29, 1.82) is 0 Å². The number of fused-ring (bicyclic) bond motifs is 1. The summed E-state index contributed by atoms with van der Waals surface area (Å²) in [5.41, 5.74) is 0. The second kappa shape index (κ2) is 1.75. The van der Waals surface area contributed by atoms with Gasteiger partial charge in [0.15, 0.2) is 0 Å². The fourth-order valence-electron chi connectivity index (χ4n) is 1.42.